The molecule has 2 N–H and O–H groups in total. The second kappa shape index (κ2) is 4.67. The van der Waals surface area contributed by atoms with Gasteiger partial charge in [-0.3, -0.25) is 9.59 Å². The van der Waals surface area contributed by atoms with Crippen LogP contribution in [0.3, 0.4) is 0 Å². The predicted octanol–water partition coefficient (Wildman–Crippen LogP) is 1.45. The maximum atomic E-state index is 12.5. The molecule has 0 aromatic heterocycles. The van der Waals surface area contributed by atoms with Crippen molar-refractivity contribution in [2.45, 2.75) is 13.2 Å². The molecule has 0 radical (unpaired) electrons. The van der Waals surface area contributed by atoms with E-state index in [9.17, 15) is 19.8 Å². The molecule has 0 saturated carbocycles. The van der Waals surface area contributed by atoms with Crippen LogP contribution in [0.4, 0.5) is 0 Å². The smallest absolute Gasteiger partial charge is 0.194 e. The van der Waals surface area contributed by atoms with Gasteiger partial charge in [0.2, 0.25) is 0 Å². The average Bonchev–Trinajstić information content (AvgIpc) is 2.51. The summed E-state index contributed by atoms with van der Waals surface area (Å²) in [7, 11) is 0. The average molecular weight is 268 g/mol. The summed E-state index contributed by atoms with van der Waals surface area (Å²) in [5.74, 6) is -0.510. The minimum atomic E-state index is -0.350. The third kappa shape index (κ3) is 1.70. The molecule has 3 rings (SSSR count). The number of aliphatic hydroxyl groups is 2. The SMILES string of the molecule is O=C1c2ccccc2C(=O)c2c(CO)cc(CO)cc21. The van der Waals surface area contributed by atoms with Crippen LogP contribution in [-0.4, -0.2) is 21.8 Å². The van der Waals surface area contributed by atoms with Gasteiger partial charge in [-0.2, -0.15) is 0 Å². The Hall–Kier alpha value is -2.30. The molecule has 0 heterocycles. The molecular weight excluding hydrogens is 256 g/mol. The molecule has 0 atom stereocenters. The van der Waals surface area contributed by atoms with Gasteiger partial charge in [0.15, 0.2) is 11.6 Å². The molecule has 0 spiro atoms. The summed E-state index contributed by atoms with van der Waals surface area (Å²) in [5, 5.41) is 18.6. The normalized spacial score (nSPS) is 13.1. The molecule has 0 saturated heterocycles. The van der Waals surface area contributed by atoms with E-state index in [4.69, 9.17) is 0 Å². The maximum absolute atomic E-state index is 12.5. The summed E-state index contributed by atoms with van der Waals surface area (Å²) in [6.07, 6.45) is 0. The number of benzene rings is 2. The highest BCUT2D eigenvalue weighted by molar-refractivity contribution is 6.28. The van der Waals surface area contributed by atoms with Crippen LogP contribution in [-0.2, 0) is 13.2 Å². The Morgan fingerprint density at radius 3 is 2.05 bits per heavy atom. The largest absolute Gasteiger partial charge is 0.392 e. The van der Waals surface area contributed by atoms with E-state index in [0.717, 1.165) is 0 Å². The monoisotopic (exact) mass is 268 g/mol. The fourth-order valence-electron chi connectivity index (χ4n) is 2.59. The number of aliphatic hydroxyl groups excluding tert-OH is 2. The van der Waals surface area contributed by atoms with Gasteiger partial charge in [-0.15, -0.1) is 0 Å². The van der Waals surface area contributed by atoms with Crippen molar-refractivity contribution in [2.75, 3.05) is 0 Å². The lowest BCUT2D eigenvalue weighted by Crippen LogP contribution is -2.23. The van der Waals surface area contributed by atoms with Crippen LogP contribution in [0.2, 0.25) is 0 Å². The van der Waals surface area contributed by atoms with Crippen molar-refractivity contribution in [1.82, 2.24) is 0 Å². The minimum Gasteiger partial charge on any atom is -0.392 e. The van der Waals surface area contributed by atoms with Crippen LogP contribution in [0.25, 0.3) is 0 Å². The lowest BCUT2D eigenvalue weighted by Gasteiger charge is -2.20. The molecule has 1 aliphatic carbocycles. The van der Waals surface area contributed by atoms with Crippen molar-refractivity contribution < 1.29 is 19.8 Å². The highest BCUT2D eigenvalue weighted by Crippen LogP contribution is 2.30. The third-order valence-corrected chi connectivity index (χ3v) is 3.52. The van der Waals surface area contributed by atoms with Crippen LogP contribution in [0.5, 0.6) is 0 Å². The van der Waals surface area contributed by atoms with E-state index in [1.54, 1.807) is 30.3 Å². The number of rotatable bonds is 2. The summed E-state index contributed by atoms with van der Waals surface area (Å²) in [5.41, 5.74) is 2.10. The molecule has 2 aromatic carbocycles. The van der Waals surface area contributed by atoms with Crippen LogP contribution >= 0.6 is 0 Å². The van der Waals surface area contributed by atoms with E-state index >= 15 is 0 Å². The predicted molar refractivity (Wildman–Crippen MR) is 71.6 cm³/mol. The first-order valence-corrected chi connectivity index (χ1v) is 6.23. The zero-order chi connectivity index (χ0) is 14.3. The van der Waals surface area contributed by atoms with Crippen LogP contribution in [0, 0.1) is 0 Å². The topological polar surface area (TPSA) is 74.6 Å². The molecule has 1 aliphatic rings. The fraction of sp³-hybridized carbons (Fsp3) is 0.125. The standard InChI is InChI=1S/C16H12O4/c17-7-9-5-10(8-18)14-13(6-9)15(19)11-3-1-2-4-12(11)16(14)20/h1-6,17-18H,7-8H2. The summed E-state index contributed by atoms with van der Waals surface area (Å²) >= 11 is 0. The Labute approximate surface area is 115 Å². The van der Waals surface area contributed by atoms with Crippen molar-refractivity contribution >= 4 is 11.6 Å². The van der Waals surface area contributed by atoms with Crippen molar-refractivity contribution in [3.8, 4) is 0 Å². The number of hydrogen-bond acceptors (Lipinski definition) is 4. The first-order chi connectivity index (χ1) is 9.67. The lowest BCUT2D eigenvalue weighted by molar-refractivity contribution is 0.0976. The third-order valence-electron chi connectivity index (χ3n) is 3.52. The molecule has 0 aliphatic heterocycles. The second-order valence-electron chi connectivity index (χ2n) is 4.70. The Bertz CT molecular complexity index is 731. The Morgan fingerprint density at radius 2 is 1.45 bits per heavy atom. The van der Waals surface area contributed by atoms with Gasteiger partial charge >= 0.3 is 0 Å². The molecule has 4 heteroatoms. The molecule has 4 nitrogen and oxygen atoms in total. The quantitative estimate of drug-likeness (QED) is 0.737. The van der Waals surface area contributed by atoms with Crippen molar-refractivity contribution in [3.05, 3.63) is 69.8 Å². The van der Waals surface area contributed by atoms with Crippen molar-refractivity contribution in [3.63, 3.8) is 0 Å². The van der Waals surface area contributed by atoms with E-state index in [1.807, 2.05) is 0 Å². The van der Waals surface area contributed by atoms with Crippen LogP contribution in [0.1, 0.15) is 43.0 Å². The van der Waals surface area contributed by atoms with Gasteiger partial charge < -0.3 is 10.2 Å². The van der Waals surface area contributed by atoms with E-state index in [2.05, 4.69) is 0 Å². The summed E-state index contributed by atoms with van der Waals surface area (Å²) in [4.78, 5) is 25.0. The van der Waals surface area contributed by atoms with Gasteiger partial charge in [-0.05, 0) is 17.2 Å². The van der Waals surface area contributed by atoms with Gasteiger partial charge in [0, 0.05) is 22.3 Å². The molecule has 2 aromatic rings. The Kier molecular flexibility index (Phi) is 2.97. The summed E-state index contributed by atoms with van der Waals surface area (Å²) in [6.45, 7) is -0.596. The molecule has 0 amide bonds. The molecular formula is C16H12O4. The molecule has 20 heavy (non-hydrogen) atoms. The lowest BCUT2D eigenvalue weighted by atomic mass is 9.81. The van der Waals surface area contributed by atoms with Gasteiger partial charge in [0.1, 0.15) is 0 Å². The maximum Gasteiger partial charge on any atom is 0.194 e. The Morgan fingerprint density at radius 1 is 0.800 bits per heavy atom. The highest BCUT2D eigenvalue weighted by Gasteiger charge is 2.31. The van der Waals surface area contributed by atoms with Gasteiger partial charge in [0.25, 0.3) is 0 Å². The fourth-order valence-corrected chi connectivity index (χ4v) is 2.59. The van der Waals surface area contributed by atoms with Crippen molar-refractivity contribution in [2.24, 2.45) is 0 Å². The summed E-state index contributed by atoms with van der Waals surface area (Å²) < 4.78 is 0. The molecule has 0 bridgehead atoms. The number of hydrogen-bond donors (Lipinski definition) is 2. The van der Waals surface area contributed by atoms with E-state index in [1.165, 1.54) is 6.07 Å². The van der Waals surface area contributed by atoms with Crippen molar-refractivity contribution in [1.29, 1.82) is 0 Å². The van der Waals surface area contributed by atoms with E-state index < -0.39 is 0 Å². The van der Waals surface area contributed by atoms with E-state index in [-0.39, 0.29) is 35.9 Å². The second-order valence-corrected chi connectivity index (χ2v) is 4.70. The molecule has 100 valence electrons. The minimum absolute atomic E-state index is 0.244. The first-order valence-electron chi connectivity index (χ1n) is 6.23. The van der Waals surface area contributed by atoms with Crippen LogP contribution in [0.15, 0.2) is 36.4 Å². The van der Waals surface area contributed by atoms with Gasteiger partial charge in [0.05, 0.1) is 13.2 Å². The zero-order valence-corrected chi connectivity index (χ0v) is 10.6. The zero-order valence-electron chi connectivity index (χ0n) is 10.6. The number of carbonyl (C=O) groups excluding carboxylic acids is 2. The van der Waals surface area contributed by atoms with E-state index in [0.29, 0.717) is 22.3 Å². The van der Waals surface area contributed by atoms with Gasteiger partial charge in [-0.1, -0.05) is 30.3 Å². The number of fused-ring (bicyclic) bond motifs is 2. The summed E-state index contributed by atoms with van der Waals surface area (Å²) in [6, 6.07) is 9.71. The van der Waals surface area contributed by atoms with Crippen LogP contribution < -0.4 is 0 Å². The first kappa shape index (κ1) is 12.7. The number of ketones is 2. The molecule has 0 fully saturated rings. The number of carbonyl (C=O) groups is 2. The van der Waals surface area contributed by atoms with Gasteiger partial charge in [-0.25, -0.2) is 0 Å². The molecule has 0 unspecified atom stereocenters. The highest BCUT2D eigenvalue weighted by atomic mass is 16.3. The Balaban J connectivity index is 2.32.